The maximum Gasteiger partial charge on any atom is 0.472 e. The van der Waals surface area contributed by atoms with Gasteiger partial charge in [0.15, 0.2) is 0 Å². The molecule has 0 aromatic heterocycles. The van der Waals surface area contributed by atoms with Crippen molar-refractivity contribution in [2.24, 2.45) is 0 Å². The highest BCUT2D eigenvalue weighted by molar-refractivity contribution is 7.47. The molecule has 2 rings (SSSR count). The molecule has 2 fully saturated rings. The van der Waals surface area contributed by atoms with Crippen molar-refractivity contribution in [1.29, 1.82) is 0 Å². The summed E-state index contributed by atoms with van der Waals surface area (Å²) in [5, 5.41) is 0. The van der Waals surface area contributed by atoms with Crippen molar-refractivity contribution in [1.82, 2.24) is 0 Å². The highest BCUT2D eigenvalue weighted by atomic mass is 31.2. The number of hydrogen-bond donors (Lipinski definition) is 1. The molecule has 1 N–H and O–H groups in total. The van der Waals surface area contributed by atoms with Crippen LogP contribution in [0.3, 0.4) is 0 Å². The van der Waals surface area contributed by atoms with Gasteiger partial charge < -0.3 is 14.4 Å². The normalized spacial score (nSPS) is 45.8. The van der Waals surface area contributed by atoms with Crippen LogP contribution in [0.4, 0.5) is 0 Å². The molecular weight excluding hydrogens is 234 g/mol. The topological polar surface area (TPSA) is 74.2 Å². The molecule has 0 spiro atoms. The predicted molar refractivity (Wildman–Crippen MR) is 57.9 cm³/mol. The van der Waals surface area contributed by atoms with E-state index in [1.807, 2.05) is 14.8 Å². The van der Waals surface area contributed by atoms with Gasteiger partial charge >= 0.3 is 7.82 Å². The predicted octanol–water partition coefficient (Wildman–Crippen LogP) is -0.345. The Balaban J connectivity index is 2.18. The van der Waals surface area contributed by atoms with Gasteiger partial charge in [-0.1, -0.05) is 6.92 Å². The molecule has 16 heavy (non-hydrogen) atoms. The Morgan fingerprint density at radius 2 is 2.38 bits per heavy atom. The number of phosphoric acid groups is 1. The molecule has 6 nitrogen and oxygen atoms in total. The minimum absolute atomic E-state index is 0.129. The Morgan fingerprint density at radius 3 is 2.88 bits per heavy atom. The van der Waals surface area contributed by atoms with Crippen LogP contribution < -0.4 is 0 Å². The largest absolute Gasteiger partial charge is 0.472 e. The van der Waals surface area contributed by atoms with Crippen LogP contribution in [0, 0.1) is 0 Å². The van der Waals surface area contributed by atoms with Gasteiger partial charge in [-0.15, -0.1) is 0 Å². The molecule has 2 unspecified atom stereocenters. The van der Waals surface area contributed by atoms with Gasteiger partial charge in [0.1, 0.15) is 25.7 Å². The van der Waals surface area contributed by atoms with E-state index in [1.54, 1.807) is 0 Å². The number of rotatable bonds is 4. The van der Waals surface area contributed by atoms with E-state index < -0.39 is 19.5 Å². The Labute approximate surface area is 95.2 Å². The van der Waals surface area contributed by atoms with Gasteiger partial charge in [-0.3, -0.25) is 9.05 Å². The lowest BCUT2D eigenvalue weighted by molar-refractivity contribution is -0.118. The molecule has 0 amide bonds. The number of phosphoric ester groups is 1. The standard InChI is InChI=1S/C8H16BO6P/c1-3-8-4-13-5(7(9)14-8)6(8)15-16(10,11)12-2/h5-7H,3-4,9H2,1-2H3,(H,10,11)/t5-,6?,7+,8+/m0/s1. The lowest BCUT2D eigenvalue weighted by Gasteiger charge is -2.29. The Morgan fingerprint density at radius 1 is 1.69 bits per heavy atom. The van der Waals surface area contributed by atoms with Crippen LogP contribution in [-0.4, -0.2) is 50.3 Å². The van der Waals surface area contributed by atoms with Crippen molar-refractivity contribution in [3.05, 3.63) is 0 Å². The fraction of sp³-hybridized carbons (Fsp3) is 1.00. The van der Waals surface area contributed by atoms with Crippen molar-refractivity contribution in [3.8, 4) is 0 Å². The second-order valence-corrected chi connectivity index (χ2v) is 5.71. The lowest BCUT2D eigenvalue weighted by atomic mass is 9.91. The third-order valence-corrected chi connectivity index (χ3v) is 4.25. The third kappa shape index (κ3) is 1.86. The van der Waals surface area contributed by atoms with Crippen LogP contribution in [-0.2, 0) is 23.1 Å². The fourth-order valence-electron chi connectivity index (χ4n) is 2.36. The summed E-state index contributed by atoms with van der Waals surface area (Å²) in [4.78, 5) is 9.34. The quantitative estimate of drug-likeness (QED) is 0.543. The number of fused-ring (bicyclic) bond motifs is 2. The minimum atomic E-state index is -4.00. The zero-order chi connectivity index (χ0) is 12.0. The first-order valence-electron chi connectivity index (χ1n) is 5.30. The molecule has 0 aliphatic carbocycles. The summed E-state index contributed by atoms with van der Waals surface area (Å²) in [5.74, 6) is 0. The van der Waals surface area contributed by atoms with Crippen LogP contribution in [0.15, 0.2) is 0 Å². The van der Waals surface area contributed by atoms with Gasteiger partial charge in [-0.25, -0.2) is 4.57 Å². The molecule has 2 heterocycles. The van der Waals surface area contributed by atoms with Crippen LogP contribution in [0.2, 0.25) is 0 Å². The molecule has 2 bridgehead atoms. The van der Waals surface area contributed by atoms with Gasteiger partial charge in [0, 0.05) is 7.11 Å². The van der Waals surface area contributed by atoms with Crippen molar-refractivity contribution < 1.29 is 28.0 Å². The summed E-state index contributed by atoms with van der Waals surface area (Å²) in [5.41, 5.74) is -0.610. The first-order chi connectivity index (χ1) is 7.44. The van der Waals surface area contributed by atoms with Crippen LogP contribution in [0.1, 0.15) is 13.3 Å². The van der Waals surface area contributed by atoms with Gasteiger partial charge in [-0.05, 0) is 6.42 Å². The SMILES string of the molecule is B[C@@H]1O[C@]2(CC)CO[C@H]1C2OP(=O)(O)OC. The molecule has 0 radical (unpaired) electrons. The van der Waals surface area contributed by atoms with Crippen molar-refractivity contribution >= 4 is 15.7 Å². The summed E-state index contributed by atoms with van der Waals surface area (Å²) in [7, 11) is -0.992. The number of ether oxygens (including phenoxy) is 2. The van der Waals surface area contributed by atoms with Gasteiger partial charge in [-0.2, -0.15) is 0 Å². The molecule has 0 aromatic rings. The summed E-state index contributed by atoms with van der Waals surface area (Å²) in [6.45, 7) is 2.34. The maximum absolute atomic E-state index is 11.4. The molecule has 5 atom stereocenters. The third-order valence-electron chi connectivity index (χ3n) is 3.30. The summed E-state index contributed by atoms with van der Waals surface area (Å²) in [6, 6.07) is -0.129. The van der Waals surface area contributed by atoms with E-state index in [0.29, 0.717) is 13.0 Å². The lowest BCUT2D eigenvalue weighted by Crippen LogP contribution is -2.41. The van der Waals surface area contributed by atoms with E-state index >= 15 is 0 Å². The first-order valence-corrected chi connectivity index (χ1v) is 6.80. The van der Waals surface area contributed by atoms with E-state index in [4.69, 9.17) is 14.0 Å². The van der Waals surface area contributed by atoms with Crippen molar-refractivity contribution in [2.45, 2.75) is 37.2 Å². The van der Waals surface area contributed by atoms with E-state index in [2.05, 4.69) is 4.52 Å². The first kappa shape index (κ1) is 12.5. The zero-order valence-electron chi connectivity index (χ0n) is 9.58. The Bertz CT molecular complexity index is 326. The van der Waals surface area contributed by atoms with E-state index in [1.165, 1.54) is 0 Å². The fourth-order valence-corrected chi connectivity index (χ4v) is 3.04. The molecule has 2 aliphatic rings. The summed E-state index contributed by atoms with van der Waals surface area (Å²) < 4.78 is 32.3. The molecule has 92 valence electrons. The summed E-state index contributed by atoms with van der Waals surface area (Å²) in [6.07, 6.45) is -0.166. The van der Waals surface area contributed by atoms with Crippen LogP contribution in [0.5, 0.6) is 0 Å². The molecule has 0 aromatic carbocycles. The molecule has 0 saturated carbocycles. The maximum atomic E-state index is 11.4. The number of hydrogen-bond acceptors (Lipinski definition) is 5. The highest BCUT2D eigenvalue weighted by Crippen LogP contribution is 2.52. The second kappa shape index (κ2) is 4.08. The average Bonchev–Trinajstić information content (AvgIpc) is 2.70. The molecule has 8 heteroatoms. The Hall–Kier alpha value is 0.0949. The average molecular weight is 250 g/mol. The zero-order valence-corrected chi connectivity index (χ0v) is 10.5. The van der Waals surface area contributed by atoms with Gasteiger partial charge in [0.2, 0.25) is 0 Å². The van der Waals surface area contributed by atoms with Crippen molar-refractivity contribution in [2.75, 3.05) is 13.7 Å². The summed E-state index contributed by atoms with van der Waals surface area (Å²) >= 11 is 0. The van der Waals surface area contributed by atoms with Gasteiger partial charge in [0.25, 0.3) is 0 Å². The van der Waals surface area contributed by atoms with Crippen molar-refractivity contribution in [3.63, 3.8) is 0 Å². The second-order valence-electron chi connectivity index (χ2n) is 4.19. The highest BCUT2D eigenvalue weighted by Gasteiger charge is 2.61. The van der Waals surface area contributed by atoms with E-state index in [9.17, 15) is 9.46 Å². The smallest absolute Gasteiger partial charge is 0.373 e. The Kier molecular flexibility index (Phi) is 3.20. The van der Waals surface area contributed by atoms with E-state index in [0.717, 1.165) is 7.11 Å². The van der Waals surface area contributed by atoms with Crippen LogP contribution >= 0.6 is 7.82 Å². The molecule has 2 aliphatic heterocycles. The monoisotopic (exact) mass is 250 g/mol. The molecular formula is C8H16BO6P. The minimum Gasteiger partial charge on any atom is -0.373 e. The van der Waals surface area contributed by atoms with E-state index in [-0.39, 0.29) is 12.1 Å². The van der Waals surface area contributed by atoms with Gasteiger partial charge in [0.05, 0.1) is 12.6 Å². The molecule has 2 saturated heterocycles. The van der Waals surface area contributed by atoms with Crippen LogP contribution in [0.25, 0.3) is 0 Å².